The van der Waals surface area contributed by atoms with E-state index in [2.05, 4.69) is 5.10 Å². The van der Waals surface area contributed by atoms with Gasteiger partial charge in [0.25, 0.3) is 0 Å². The fourth-order valence-corrected chi connectivity index (χ4v) is 2.83. The second kappa shape index (κ2) is 5.02. The van der Waals surface area contributed by atoms with Crippen molar-refractivity contribution in [2.45, 2.75) is 40.2 Å². The highest BCUT2D eigenvalue weighted by atomic mass is 35.5. The smallest absolute Gasteiger partial charge is 0.130 e. The summed E-state index contributed by atoms with van der Waals surface area (Å²) >= 11 is 6.25. The third-order valence-electron chi connectivity index (χ3n) is 3.68. The van der Waals surface area contributed by atoms with Crippen LogP contribution in [0.25, 0.3) is 0 Å². The minimum absolute atomic E-state index is 0.127. The van der Waals surface area contributed by atoms with Crippen LogP contribution in [0.3, 0.4) is 0 Å². The lowest BCUT2D eigenvalue weighted by Crippen LogP contribution is -2.15. The van der Waals surface area contributed by atoms with E-state index in [4.69, 9.17) is 21.8 Å². The Balaban J connectivity index is 2.33. The monoisotopic (exact) mass is 281 g/mol. The number of aryl methyl sites for hydroxylation is 4. The molecule has 1 unspecified atom stereocenters. The topological polar surface area (TPSA) is 57.0 Å². The number of halogens is 1. The zero-order chi connectivity index (χ0) is 14.3. The summed E-state index contributed by atoms with van der Waals surface area (Å²) in [5.74, 6) is 1.82. The molecular weight excluding hydrogens is 262 g/mol. The quantitative estimate of drug-likeness (QED) is 0.940. The van der Waals surface area contributed by atoms with E-state index in [1.807, 2.05) is 34.7 Å². The molecule has 0 radical (unpaired) electrons. The minimum Gasteiger partial charge on any atom is -0.466 e. The zero-order valence-electron chi connectivity index (χ0n) is 12.0. The Morgan fingerprint density at radius 1 is 1.26 bits per heavy atom. The van der Waals surface area contributed by atoms with Gasteiger partial charge in [-0.3, -0.25) is 4.68 Å². The van der Waals surface area contributed by atoms with Gasteiger partial charge in [0.05, 0.1) is 5.69 Å². The molecule has 0 saturated carbocycles. The third-order valence-corrected chi connectivity index (χ3v) is 4.16. The van der Waals surface area contributed by atoms with Crippen LogP contribution in [0.2, 0.25) is 5.15 Å². The van der Waals surface area contributed by atoms with Gasteiger partial charge in [-0.05, 0) is 39.7 Å². The van der Waals surface area contributed by atoms with Crippen molar-refractivity contribution >= 4 is 11.6 Å². The molecule has 0 spiro atoms. The summed E-state index contributed by atoms with van der Waals surface area (Å²) < 4.78 is 7.32. The molecule has 2 N–H and O–H groups in total. The van der Waals surface area contributed by atoms with Gasteiger partial charge in [-0.2, -0.15) is 5.10 Å². The van der Waals surface area contributed by atoms with Gasteiger partial charge in [0.1, 0.15) is 16.7 Å². The molecule has 0 saturated heterocycles. The zero-order valence-corrected chi connectivity index (χ0v) is 12.8. The lowest BCUT2D eigenvalue weighted by Gasteiger charge is -2.12. The second-order valence-electron chi connectivity index (χ2n) is 5.04. The summed E-state index contributed by atoms with van der Waals surface area (Å²) in [5.41, 5.74) is 10.5. The van der Waals surface area contributed by atoms with Crippen molar-refractivity contribution in [3.8, 4) is 0 Å². The maximum Gasteiger partial charge on any atom is 0.130 e. The Hall–Kier alpha value is -1.26. The molecule has 19 heavy (non-hydrogen) atoms. The van der Waals surface area contributed by atoms with Crippen LogP contribution >= 0.6 is 11.6 Å². The highest BCUT2D eigenvalue weighted by molar-refractivity contribution is 6.30. The lowest BCUT2D eigenvalue weighted by molar-refractivity contribution is 0.496. The van der Waals surface area contributed by atoms with E-state index in [1.54, 1.807) is 4.68 Å². The van der Waals surface area contributed by atoms with E-state index < -0.39 is 0 Å². The van der Waals surface area contributed by atoms with Gasteiger partial charge in [-0.15, -0.1) is 0 Å². The average molecular weight is 282 g/mol. The Labute approximate surface area is 118 Å². The maximum absolute atomic E-state index is 6.33. The van der Waals surface area contributed by atoms with Gasteiger partial charge in [0.2, 0.25) is 0 Å². The largest absolute Gasteiger partial charge is 0.466 e. The molecule has 2 rings (SSSR count). The molecule has 0 bridgehead atoms. The molecule has 2 aromatic rings. The van der Waals surface area contributed by atoms with Gasteiger partial charge in [-0.25, -0.2) is 0 Å². The Morgan fingerprint density at radius 3 is 2.32 bits per heavy atom. The molecule has 0 aliphatic carbocycles. The number of rotatable bonds is 3. The van der Waals surface area contributed by atoms with E-state index in [0.717, 1.165) is 33.9 Å². The molecule has 4 nitrogen and oxygen atoms in total. The van der Waals surface area contributed by atoms with Crippen molar-refractivity contribution in [1.29, 1.82) is 0 Å². The predicted molar refractivity (Wildman–Crippen MR) is 76.5 cm³/mol. The Kier molecular flexibility index (Phi) is 3.74. The summed E-state index contributed by atoms with van der Waals surface area (Å²) in [6.45, 7) is 7.90. The summed E-state index contributed by atoms with van der Waals surface area (Å²) in [6, 6.07) is -0.127. The van der Waals surface area contributed by atoms with Crippen LogP contribution < -0.4 is 5.73 Å². The van der Waals surface area contributed by atoms with Crippen LogP contribution in [0.4, 0.5) is 0 Å². The van der Waals surface area contributed by atoms with E-state index in [-0.39, 0.29) is 6.04 Å². The van der Waals surface area contributed by atoms with Gasteiger partial charge < -0.3 is 10.2 Å². The van der Waals surface area contributed by atoms with Crippen molar-refractivity contribution in [2.75, 3.05) is 0 Å². The molecule has 5 heteroatoms. The minimum atomic E-state index is -0.127. The SMILES string of the molecule is Cc1nn(C)c(Cl)c1CC(N)c1c(C)oc(C)c1C. The van der Waals surface area contributed by atoms with E-state index in [1.165, 1.54) is 0 Å². The highest BCUT2D eigenvalue weighted by Crippen LogP contribution is 2.30. The molecule has 0 aliphatic rings. The summed E-state index contributed by atoms with van der Waals surface area (Å²) in [5, 5.41) is 4.97. The van der Waals surface area contributed by atoms with Crippen molar-refractivity contribution in [3.05, 3.63) is 39.1 Å². The molecule has 0 aliphatic heterocycles. The first-order chi connectivity index (χ1) is 8.82. The second-order valence-corrected chi connectivity index (χ2v) is 5.40. The van der Waals surface area contributed by atoms with Gasteiger partial charge in [-0.1, -0.05) is 11.6 Å². The first-order valence-electron chi connectivity index (χ1n) is 6.33. The lowest BCUT2D eigenvalue weighted by atomic mass is 9.97. The van der Waals surface area contributed by atoms with Crippen molar-refractivity contribution in [1.82, 2.24) is 9.78 Å². The number of nitrogens with zero attached hydrogens (tertiary/aromatic N) is 2. The average Bonchev–Trinajstić information content (AvgIpc) is 2.70. The summed E-state index contributed by atoms with van der Waals surface area (Å²) in [7, 11) is 1.84. The van der Waals surface area contributed by atoms with E-state index >= 15 is 0 Å². The van der Waals surface area contributed by atoms with Crippen molar-refractivity contribution in [3.63, 3.8) is 0 Å². The first-order valence-corrected chi connectivity index (χ1v) is 6.70. The fourth-order valence-electron chi connectivity index (χ4n) is 2.58. The standard InChI is InChI=1S/C14H20ClN3O/c1-7-9(3)19-10(4)13(7)12(16)6-11-8(2)17-18(5)14(11)15/h12H,6,16H2,1-5H3. The molecule has 104 valence electrons. The Bertz CT molecular complexity index is 613. The van der Waals surface area contributed by atoms with Crippen molar-refractivity contribution < 1.29 is 4.42 Å². The van der Waals surface area contributed by atoms with Gasteiger partial charge in [0.15, 0.2) is 0 Å². The number of nitrogens with two attached hydrogens (primary N) is 1. The van der Waals surface area contributed by atoms with Crippen LogP contribution in [0.1, 0.15) is 39.9 Å². The van der Waals surface area contributed by atoms with Crippen LogP contribution in [-0.4, -0.2) is 9.78 Å². The molecule has 0 aromatic carbocycles. The normalized spacial score (nSPS) is 13.0. The van der Waals surface area contributed by atoms with Gasteiger partial charge >= 0.3 is 0 Å². The van der Waals surface area contributed by atoms with Crippen LogP contribution in [0, 0.1) is 27.7 Å². The predicted octanol–water partition coefficient (Wildman–Crippen LogP) is 3.14. The first kappa shape index (κ1) is 14.2. The summed E-state index contributed by atoms with van der Waals surface area (Å²) in [4.78, 5) is 0. The number of hydrogen-bond acceptors (Lipinski definition) is 3. The van der Waals surface area contributed by atoms with E-state index in [9.17, 15) is 0 Å². The number of aromatic nitrogens is 2. The molecule has 1 atom stereocenters. The van der Waals surface area contributed by atoms with Crippen LogP contribution in [0.5, 0.6) is 0 Å². The summed E-state index contributed by atoms with van der Waals surface area (Å²) in [6.07, 6.45) is 0.666. The number of hydrogen-bond donors (Lipinski definition) is 1. The molecule has 2 aromatic heterocycles. The highest BCUT2D eigenvalue weighted by Gasteiger charge is 2.21. The van der Waals surface area contributed by atoms with Crippen molar-refractivity contribution in [2.24, 2.45) is 12.8 Å². The Morgan fingerprint density at radius 2 is 1.89 bits per heavy atom. The van der Waals surface area contributed by atoms with Crippen LogP contribution in [-0.2, 0) is 13.5 Å². The van der Waals surface area contributed by atoms with Gasteiger partial charge in [0, 0.05) is 24.2 Å². The maximum atomic E-state index is 6.33. The molecule has 2 heterocycles. The molecule has 0 fully saturated rings. The number of furan rings is 1. The molecule has 0 amide bonds. The fraction of sp³-hybridized carbons (Fsp3) is 0.500. The third kappa shape index (κ3) is 2.42. The van der Waals surface area contributed by atoms with Crippen LogP contribution in [0.15, 0.2) is 4.42 Å². The van der Waals surface area contributed by atoms with E-state index in [0.29, 0.717) is 11.6 Å². The molecular formula is C14H20ClN3O.